The number of esters is 1. The van der Waals surface area contributed by atoms with Crippen LogP contribution in [-0.4, -0.2) is 11.1 Å². The van der Waals surface area contributed by atoms with Crippen LogP contribution in [0.2, 0.25) is 0 Å². The van der Waals surface area contributed by atoms with Crippen LogP contribution in [0, 0.1) is 5.92 Å². The molecular formula is C24H34O3. The molecule has 1 rings (SSSR count). The summed E-state index contributed by atoms with van der Waals surface area (Å²) in [4.78, 5) is 11.7. The molecule has 3 heteroatoms. The van der Waals surface area contributed by atoms with E-state index >= 15 is 0 Å². The summed E-state index contributed by atoms with van der Waals surface area (Å²) in [7, 11) is 0. The van der Waals surface area contributed by atoms with Gasteiger partial charge >= 0.3 is 5.97 Å². The molecule has 0 aliphatic heterocycles. The van der Waals surface area contributed by atoms with Crippen molar-refractivity contribution in [2.45, 2.75) is 65.9 Å². The van der Waals surface area contributed by atoms with Crippen LogP contribution < -0.4 is 4.74 Å². The van der Waals surface area contributed by atoms with Crippen molar-refractivity contribution in [2.75, 3.05) is 0 Å². The summed E-state index contributed by atoms with van der Waals surface area (Å²) in [5, 5.41) is 11.3. The molecule has 27 heavy (non-hydrogen) atoms. The van der Waals surface area contributed by atoms with E-state index in [1.165, 1.54) is 5.57 Å². The van der Waals surface area contributed by atoms with Gasteiger partial charge in [0.25, 0.3) is 0 Å². The minimum atomic E-state index is -1.02. The van der Waals surface area contributed by atoms with E-state index in [1.807, 2.05) is 39.0 Å². The Hall–Kier alpha value is -2.13. The SMILES string of the molecule is C=CC(=O)Oc1ccc(C(C)(O)C(C)C/C(C)=C(/C)C=C)cc1C(C)(C)C. The number of benzene rings is 1. The molecule has 3 nitrogen and oxygen atoms in total. The van der Waals surface area contributed by atoms with Crippen molar-refractivity contribution in [3.8, 4) is 5.75 Å². The molecule has 0 fully saturated rings. The van der Waals surface area contributed by atoms with Crippen molar-refractivity contribution in [1.29, 1.82) is 0 Å². The molecule has 0 amide bonds. The van der Waals surface area contributed by atoms with Crippen LogP contribution >= 0.6 is 0 Å². The standard InChI is InChI=1S/C24H34O3/c1-10-16(3)17(4)14-18(5)24(9,26)19-12-13-21(27-22(25)11-2)20(15-19)23(6,7)8/h10-13,15,18,26H,1-2,14H2,3-9H3/b17-16-. The van der Waals surface area contributed by atoms with Crippen molar-refractivity contribution < 1.29 is 14.6 Å². The number of carbonyl (C=O) groups excluding carboxylic acids is 1. The average Bonchev–Trinajstić information content (AvgIpc) is 2.59. The molecule has 2 unspecified atom stereocenters. The monoisotopic (exact) mass is 370 g/mol. The van der Waals surface area contributed by atoms with Gasteiger partial charge in [0.15, 0.2) is 0 Å². The molecule has 1 aromatic rings. The van der Waals surface area contributed by atoms with Gasteiger partial charge in [-0.05, 0) is 56.2 Å². The first kappa shape index (κ1) is 22.9. The van der Waals surface area contributed by atoms with E-state index in [-0.39, 0.29) is 11.3 Å². The largest absolute Gasteiger partial charge is 0.423 e. The molecule has 0 heterocycles. The number of hydrogen-bond acceptors (Lipinski definition) is 3. The predicted molar refractivity (Wildman–Crippen MR) is 113 cm³/mol. The number of aliphatic hydroxyl groups is 1. The van der Waals surface area contributed by atoms with Crippen molar-refractivity contribution in [3.63, 3.8) is 0 Å². The molecule has 148 valence electrons. The summed E-state index contributed by atoms with van der Waals surface area (Å²) in [5.74, 6) is 0.00835. The molecular weight excluding hydrogens is 336 g/mol. The predicted octanol–water partition coefficient (Wildman–Crippen LogP) is 5.83. The van der Waals surface area contributed by atoms with Gasteiger partial charge in [-0.2, -0.15) is 0 Å². The summed E-state index contributed by atoms with van der Waals surface area (Å²) >= 11 is 0. The van der Waals surface area contributed by atoms with Gasteiger partial charge in [0, 0.05) is 11.6 Å². The molecule has 0 bridgehead atoms. The maximum Gasteiger partial charge on any atom is 0.335 e. The van der Waals surface area contributed by atoms with Gasteiger partial charge in [0.2, 0.25) is 0 Å². The van der Waals surface area contributed by atoms with Crippen LogP contribution in [0.15, 0.2) is 54.7 Å². The third kappa shape index (κ3) is 5.67. The zero-order valence-corrected chi connectivity index (χ0v) is 17.8. The highest BCUT2D eigenvalue weighted by Gasteiger charge is 2.32. The van der Waals surface area contributed by atoms with Crippen LogP contribution in [0.5, 0.6) is 5.75 Å². The fraction of sp³-hybridized carbons (Fsp3) is 0.458. The first-order valence-corrected chi connectivity index (χ1v) is 9.35. The molecule has 1 aromatic carbocycles. The van der Waals surface area contributed by atoms with Crippen molar-refractivity contribution >= 4 is 5.97 Å². The topological polar surface area (TPSA) is 46.5 Å². The zero-order valence-electron chi connectivity index (χ0n) is 17.8. The lowest BCUT2D eigenvalue weighted by atomic mass is 9.77. The number of ether oxygens (including phenoxy) is 1. The molecule has 0 aliphatic carbocycles. The maximum absolute atomic E-state index is 11.7. The van der Waals surface area contributed by atoms with Crippen LogP contribution in [0.3, 0.4) is 0 Å². The van der Waals surface area contributed by atoms with Gasteiger partial charge in [0.05, 0.1) is 5.60 Å². The highest BCUT2D eigenvalue weighted by Crippen LogP contribution is 2.39. The Kier molecular flexibility index (Phi) is 7.39. The van der Waals surface area contributed by atoms with E-state index in [9.17, 15) is 9.90 Å². The van der Waals surface area contributed by atoms with Crippen molar-refractivity contribution in [1.82, 2.24) is 0 Å². The lowest BCUT2D eigenvalue weighted by Crippen LogP contribution is -2.31. The van der Waals surface area contributed by atoms with E-state index in [1.54, 1.807) is 6.07 Å². The lowest BCUT2D eigenvalue weighted by Gasteiger charge is -2.33. The average molecular weight is 371 g/mol. The van der Waals surface area contributed by atoms with Crippen molar-refractivity contribution in [2.24, 2.45) is 5.92 Å². The fourth-order valence-electron chi connectivity index (χ4n) is 2.95. The normalized spacial score (nSPS) is 16.0. The Balaban J connectivity index is 3.33. The highest BCUT2D eigenvalue weighted by molar-refractivity contribution is 5.83. The first-order chi connectivity index (χ1) is 12.3. The van der Waals surface area contributed by atoms with Crippen LogP contribution in [0.25, 0.3) is 0 Å². The second-order valence-corrected chi connectivity index (χ2v) is 8.51. The van der Waals surface area contributed by atoms with E-state index in [0.717, 1.165) is 29.2 Å². The van der Waals surface area contributed by atoms with E-state index in [0.29, 0.717) is 5.75 Å². The van der Waals surface area contributed by atoms with Gasteiger partial charge in [-0.1, -0.05) is 64.1 Å². The Morgan fingerprint density at radius 3 is 2.26 bits per heavy atom. The summed E-state index contributed by atoms with van der Waals surface area (Å²) < 4.78 is 5.40. The first-order valence-electron chi connectivity index (χ1n) is 9.35. The van der Waals surface area contributed by atoms with Crippen LogP contribution in [-0.2, 0) is 15.8 Å². The van der Waals surface area contributed by atoms with Crippen LogP contribution in [0.1, 0.15) is 66.0 Å². The van der Waals surface area contributed by atoms with Gasteiger partial charge < -0.3 is 9.84 Å². The van der Waals surface area contributed by atoms with E-state index < -0.39 is 11.6 Å². The molecule has 0 spiro atoms. The highest BCUT2D eigenvalue weighted by atomic mass is 16.5. The van der Waals surface area contributed by atoms with E-state index in [4.69, 9.17) is 4.74 Å². The minimum absolute atomic E-state index is 0.00166. The molecule has 0 radical (unpaired) electrons. The third-order valence-electron chi connectivity index (χ3n) is 5.30. The number of rotatable bonds is 7. The Bertz CT molecular complexity index is 745. The van der Waals surface area contributed by atoms with Gasteiger partial charge in [-0.15, -0.1) is 0 Å². The molecule has 0 saturated carbocycles. The summed E-state index contributed by atoms with van der Waals surface area (Å²) in [6.07, 6.45) is 3.76. The van der Waals surface area contributed by atoms with Gasteiger partial charge in [-0.25, -0.2) is 4.79 Å². The quantitative estimate of drug-likeness (QED) is 0.284. The molecule has 1 N–H and O–H groups in total. The molecule has 0 aliphatic rings. The fourth-order valence-corrected chi connectivity index (χ4v) is 2.95. The zero-order chi connectivity index (χ0) is 21.0. The van der Waals surface area contributed by atoms with Gasteiger partial charge in [-0.3, -0.25) is 0 Å². The third-order valence-corrected chi connectivity index (χ3v) is 5.30. The number of hydrogen-bond donors (Lipinski definition) is 1. The number of carbonyl (C=O) groups is 1. The second-order valence-electron chi connectivity index (χ2n) is 8.51. The Labute approximate surface area is 164 Å². The summed E-state index contributed by atoms with van der Waals surface area (Å²) in [6.45, 7) is 21.4. The molecule has 0 saturated heterocycles. The van der Waals surface area contributed by atoms with E-state index in [2.05, 4.69) is 40.9 Å². The molecule has 2 atom stereocenters. The second kappa shape index (κ2) is 8.71. The smallest absolute Gasteiger partial charge is 0.335 e. The summed E-state index contributed by atoms with van der Waals surface area (Å²) in [5.41, 5.74) is 2.76. The van der Waals surface area contributed by atoms with Gasteiger partial charge in [0.1, 0.15) is 5.75 Å². The Morgan fingerprint density at radius 1 is 1.19 bits per heavy atom. The van der Waals surface area contributed by atoms with Crippen LogP contribution in [0.4, 0.5) is 0 Å². The lowest BCUT2D eigenvalue weighted by molar-refractivity contribution is -0.129. The minimum Gasteiger partial charge on any atom is -0.423 e. The Morgan fingerprint density at radius 2 is 1.78 bits per heavy atom. The summed E-state index contributed by atoms with van der Waals surface area (Å²) in [6, 6.07) is 5.54. The molecule has 0 aromatic heterocycles. The van der Waals surface area contributed by atoms with Crippen molar-refractivity contribution in [3.05, 3.63) is 65.8 Å². The number of allylic oxidation sites excluding steroid dienone is 3. The maximum atomic E-state index is 11.7.